The van der Waals surface area contributed by atoms with Gasteiger partial charge in [0, 0.05) is 18.4 Å². The second kappa shape index (κ2) is 9.19. The van der Waals surface area contributed by atoms with Crippen LogP contribution in [0.2, 0.25) is 0 Å². The molecule has 170 valence electrons. The molecule has 0 spiro atoms. The summed E-state index contributed by atoms with van der Waals surface area (Å²) in [5, 5.41) is 0. The van der Waals surface area contributed by atoms with Gasteiger partial charge >= 0.3 is 12.4 Å². The lowest BCUT2D eigenvalue weighted by Crippen LogP contribution is -2.24. The summed E-state index contributed by atoms with van der Waals surface area (Å²) in [4.78, 5) is 8.80. The van der Waals surface area contributed by atoms with Crippen molar-refractivity contribution in [2.24, 2.45) is 0 Å². The largest absolute Gasteiger partial charge is 0.490 e. The predicted molar refractivity (Wildman–Crippen MR) is 101 cm³/mol. The molecule has 3 rings (SSSR count). The van der Waals surface area contributed by atoms with Gasteiger partial charge in [0.1, 0.15) is 11.3 Å². The highest BCUT2D eigenvalue weighted by molar-refractivity contribution is 5.58. The molecule has 0 bridgehead atoms. The van der Waals surface area contributed by atoms with Gasteiger partial charge in [-0.1, -0.05) is 0 Å². The summed E-state index contributed by atoms with van der Waals surface area (Å²) >= 11 is 0. The number of aromatic nitrogens is 2. The highest BCUT2D eigenvalue weighted by atomic mass is 19.4. The van der Waals surface area contributed by atoms with E-state index in [-0.39, 0.29) is 18.6 Å². The molecule has 1 aromatic carbocycles. The Morgan fingerprint density at radius 2 is 1.68 bits per heavy atom. The van der Waals surface area contributed by atoms with E-state index in [1.807, 2.05) is 0 Å². The van der Waals surface area contributed by atoms with Gasteiger partial charge in [0.2, 0.25) is 11.8 Å². The molecule has 1 saturated carbocycles. The van der Waals surface area contributed by atoms with Crippen LogP contribution in [0.3, 0.4) is 0 Å². The lowest BCUT2D eigenvalue weighted by Gasteiger charge is -2.23. The van der Waals surface area contributed by atoms with Crippen LogP contribution < -0.4 is 14.4 Å². The molecule has 1 aliphatic rings. The minimum Gasteiger partial charge on any atom is -0.490 e. The maximum Gasteiger partial charge on any atom is 0.423 e. The number of hydrogen-bond acceptors (Lipinski definition) is 5. The Morgan fingerprint density at radius 3 is 2.23 bits per heavy atom. The van der Waals surface area contributed by atoms with Gasteiger partial charge in [-0.15, -0.1) is 0 Å². The molecule has 0 radical (unpaired) electrons. The van der Waals surface area contributed by atoms with Crippen molar-refractivity contribution in [1.29, 1.82) is 0 Å². The highest BCUT2D eigenvalue weighted by Gasteiger charge is 2.38. The fourth-order valence-electron chi connectivity index (χ4n) is 3.28. The van der Waals surface area contributed by atoms with Gasteiger partial charge in [0.05, 0.1) is 6.10 Å². The number of anilines is 2. The van der Waals surface area contributed by atoms with E-state index in [9.17, 15) is 26.3 Å². The van der Waals surface area contributed by atoms with Crippen molar-refractivity contribution in [3.05, 3.63) is 36.0 Å². The molecule has 1 heterocycles. The molecule has 0 saturated heterocycles. The zero-order chi connectivity index (χ0) is 22.6. The monoisotopic (exact) mass is 449 g/mol. The van der Waals surface area contributed by atoms with E-state index in [0.717, 1.165) is 25.7 Å². The standard InChI is InChI=1S/C20H21F6N3O2/c1-2-29(13-7-9-15(10-8-13)31-14-5-3-4-6-14)18-27-11-16(20(24,25)26)17(28-18)30-12-19(21,22)23/h7-11,14H,2-6,12H2,1H3. The molecule has 0 N–H and O–H groups in total. The molecule has 0 unspecified atom stereocenters. The summed E-state index contributed by atoms with van der Waals surface area (Å²) in [6.07, 6.45) is -4.96. The lowest BCUT2D eigenvalue weighted by molar-refractivity contribution is -0.159. The van der Waals surface area contributed by atoms with Crippen molar-refractivity contribution in [2.45, 2.75) is 51.1 Å². The summed E-state index contributed by atoms with van der Waals surface area (Å²) in [6, 6.07) is 6.82. The first-order valence-corrected chi connectivity index (χ1v) is 9.75. The van der Waals surface area contributed by atoms with E-state index in [1.165, 1.54) is 4.90 Å². The van der Waals surface area contributed by atoms with E-state index in [0.29, 0.717) is 17.6 Å². The Balaban J connectivity index is 1.84. The van der Waals surface area contributed by atoms with Gasteiger partial charge in [-0.2, -0.15) is 31.3 Å². The molecule has 0 atom stereocenters. The zero-order valence-electron chi connectivity index (χ0n) is 16.6. The molecule has 11 heteroatoms. The summed E-state index contributed by atoms with van der Waals surface area (Å²) in [6.45, 7) is 0.0684. The Hall–Kier alpha value is -2.72. The smallest absolute Gasteiger partial charge is 0.423 e. The number of ether oxygens (including phenoxy) is 2. The van der Waals surface area contributed by atoms with Crippen molar-refractivity contribution in [1.82, 2.24) is 9.97 Å². The number of rotatable bonds is 7. The van der Waals surface area contributed by atoms with Gasteiger partial charge < -0.3 is 14.4 Å². The van der Waals surface area contributed by atoms with Crippen LogP contribution in [0.4, 0.5) is 38.0 Å². The Bertz CT molecular complexity index is 865. The zero-order valence-corrected chi connectivity index (χ0v) is 16.6. The number of benzene rings is 1. The molecule has 1 aromatic heterocycles. The van der Waals surface area contributed by atoms with Crippen molar-refractivity contribution in [2.75, 3.05) is 18.1 Å². The molecule has 5 nitrogen and oxygen atoms in total. The van der Waals surface area contributed by atoms with Crippen LogP contribution in [-0.2, 0) is 6.18 Å². The van der Waals surface area contributed by atoms with Crippen LogP contribution in [0.15, 0.2) is 30.5 Å². The van der Waals surface area contributed by atoms with Crippen LogP contribution in [-0.4, -0.2) is 35.4 Å². The summed E-state index contributed by atoms with van der Waals surface area (Å²) in [7, 11) is 0. The summed E-state index contributed by atoms with van der Waals surface area (Å²) in [5.74, 6) is -0.721. The normalized spacial score (nSPS) is 15.2. The summed E-state index contributed by atoms with van der Waals surface area (Å²) < 4.78 is 87.1. The molecular formula is C20H21F6N3O2. The first-order valence-electron chi connectivity index (χ1n) is 9.75. The van der Waals surface area contributed by atoms with Crippen molar-refractivity contribution >= 4 is 11.6 Å². The van der Waals surface area contributed by atoms with Crippen molar-refractivity contribution < 1.29 is 35.8 Å². The minimum absolute atomic E-state index is 0.166. The van der Waals surface area contributed by atoms with Crippen LogP contribution >= 0.6 is 0 Å². The third-order valence-corrected chi connectivity index (χ3v) is 4.73. The molecule has 0 aliphatic heterocycles. The first kappa shape index (κ1) is 23.0. The van der Waals surface area contributed by atoms with Gasteiger partial charge in [0.15, 0.2) is 6.61 Å². The maximum absolute atomic E-state index is 13.1. The summed E-state index contributed by atoms with van der Waals surface area (Å²) in [5.41, 5.74) is -0.931. The number of alkyl halides is 6. The van der Waals surface area contributed by atoms with E-state index in [4.69, 9.17) is 4.74 Å². The van der Waals surface area contributed by atoms with Gasteiger partial charge in [-0.3, -0.25) is 0 Å². The molecule has 0 amide bonds. The predicted octanol–water partition coefficient (Wildman–Crippen LogP) is 5.92. The van der Waals surface area contributed by atoms with Crippen LogP contribution in [0.1, 0.15) is 38.2 Å². The Kier molecular flexibility index (Phi) is 6.80. The Labute approximate surface area is 175 Å². The molecule has 1 aliphatic carbocycles. The Morgan fingerprint density at radius 1 is 1.03 bits per heavy atom. The van der Waals surface area contributed by atoms with E-state index in [2.05, 4.69) is 14.7 Å². The fraction of sp³-hybridized carbons (Fsp3) is 0.500. The quantitative estimate of drug-likeness (QED) is 0.492. The van der Waals surface area contributed by atoms with Crippen LogP contribution in [0, 0.1) is 0 Å². The number of halogens is 6. The highest BCUT2D eigenvalue weighted by Crippen LogP contribution is 2.37. The maximum atomic E-state index is 13.1. The third-order valence-electron chi connectivity index (χ3n) is 4.73. The minimum atomic E-state index is -4.96. The van der Waals surface area contributed by atoms with Crippen molar-refractivity contribution in [3.8, 4) is 11.6 Å². The van der Waals surface area contributed by atoms with Gasteiger partial charge in [0.25, 0.3) is 0 Å². The molecular weight excluding hydrogens is 428 g/mol. The second-order valence-corrected chi connectivity index (χ2v) is 7.05. The van der Waals surface area contributed by atoms with Crippen molar-refractivity contribution in [3.63, 3.8) is 0 Å². The first-order chi connectivity index (χ1) is 14.6. The van der Waals surface area contributed by atoms with Gasteiger partial charge in [-0.25, -0.2) is 4.98 Å². The number of hydrogen-bond donors (Lipinski definition) is 0. The molecule has 1 fully saturated rings. The average molecular weight is 449 g/mol. The van der Waals surface area contributed by atoms with Crippen LogP contribution in [0.25, 0.3) is 0 Å². The third kappa shape index (κ3) is 6.14. The average Bonchev–Trinajstić information content (AvgIpc) is 3.20. The molecule has 2 aromatic rings. The fourth-order valence-corrected chi connectivity index (χ4v) is 3.28. The van der Waals surface area contributed by atoms with E-state index in [1.54, 1.807) is 31.2 Å². The van der Waals surface area contributed by atoms with Crippen LogP contribution in [0.5, 0.6) is 11.6 Å². The van der Waals surface area contributed by atoms with Gasteiger partial charge in [-0.05, 0) is 56.9 Å². The topological polar surface area (TPSA) is 47.5 Å². The molecule has 31 heavy (non-hydrogen) atoms. The lowest BCUT2D eigenvalue weighted by atomic mass is 10.2. The second-order valence-electron chi connectivity index (χ2n) is 7.05. The van der Waals surface area contributed by atoms with E-state index >= 15 is 0 Å². The number of nitrogens with zero attached hydrogens (tertiary/aromatic N) is 3. The van der Waals surface area contributed by atoms with E-state index < -0.39 is 30.4 Å². The SMILES string of the molecule is CCN(c1ccc(OC2CCCC2)cc1)c1ncc(C(F)(F)F)c(OCC(F)(F)F)n1.